The zero-order chi connectivity index (χ0) is 9.84. The molecular weight excluding hydrogens is 192 g/mol. The first-order valence-electron chi connectivity index (χ1n) is 3.76. The van der Waals surface area contributed by atoms with Gasteiger partial charge in [0.25, 0.3) is 0 Å². The number of ether oxygens (including phenoxy) is 1. The number of rotatable bonds is 3. The minimum absolute atomic E-state index is 0.143. The van der Waals surface area contributed by atoms with E-state index < -0.39 is 6.10 Å². The number of nitrogens with zero attached hydrogens (tertiary/aromatic N) is 1. The van der Waals surface area contributed by atoms with Crippen LogP contribution in [0.5, 0.6) is 5.88 Å². The third-order valence-corrected chi connectivity index (χ3v) is 1.90. The Morgan fingerprint density at radius 1 is 1.77 bits per heavy atom. The first-order valence-corrected chi connectivity index (χ1v) is 4.14. The molecule has 0 spiro atoms. The summed E-state index contributed by atoms with van der Waals surface area (Å²) in [4.78, 5) is 3.90. The molecule has 0 saturated heterocycles. The van der Waals surface area contributed by atoms with Crippen molar-refractivity contribution in [2.75, 3.05) is 13.7 Å². The van der Waals surface area contributed by atoms with Gasteiger partial charge in [-0.25, -0.2) is 4.98 Å². The average Bonchev–Trinajstić information content (AvgIpc) is 2.16. The Kier molecular flexibility index (Phi) is 3.48. The number of hydrogen-bond donors (Lipinski definition) is 2. The molecule has 1 aromatic rings. The highest BCUT2D eigenvalue weighted by Gasteiger charge is 2.09. The molecule has 1 aromatic heterocycles. The summed E-state index contributed by atoms with van der Waals surface area (Å²) in [5, 5.41) is 9.72. The van der Waals surface area contributed by atoms with Crippen molar-refractivity contribution >= 4 is 11.6 Å². The Morgan fingerprint density at radius 2 is 2.46 bits per heavy atom. The molecule has 0 amide bonds. The predicted molar refractivity (Wildman–Crippen MR) is 49.8 cm³/mol. The molecule has 72 valence electrons. The first-order chi connectivity index (χ1) is 6.19. The van der Waals surface area contributed by atoms with Crippen molar-refractivity contribution in [3.05, 3.63) is 22.8 Å². The highest BCUT2D eigenvalue weighted by molar-refractivity contribution is 6.31. The summed E-state index contributed by atoms with van der Waals surface area (Å²) in [6, 6.07) is 1.59. The third kappa shape index (κ3) is 2.30. The molecule has 1 rings (SSSR count). The first kappa shape index (κ1) is 10.2. The van der Waals surface area contributed by atoms with Crippen LogP contribution in [-0.4, -0.2) is 23.7 Å². The van der Waals surface area contributed by atoms with Gasteiger partial charge in [-0.2, -0.15) is 0 Å². The lowest BCUT2D eigenvalue weighted by Crippen LogP contribution is -2.11. The van der Waals surface area contributed by atoms with Crippen molar-refractivity contribution in [1.82, 2.24) is 4.98 Å². The van der Waals surface area contributed by atoms with Gasteiger partial charge >= 0.3 is 0 Å². The van der Waals surface area contributed by atoms with E-state index in [1.807, 2.05) is 0 Å². The number of aliphatic hydroxyl groups excluding tert-OH is 1. The second-order valence-corrected chi connectivity index (χ2v) is 2.92. The zero-order valence-corrected chi connectivity index (χ0v) is 7.95. The highest BCUT2D eigenvalue weighted by atomic mass is 35.5. The van der Waals surface area contributed by atoms with Gasteiger partial charge in [0.1, 0.15) is 5.02 Å². The number of nitrogens with two attached hydrogens (primary N) is 1. The lowest BCUT2D eigenvalue weighted by molar-refractivity contribution is 0.186. The van der Waals surface area contributed by atoms with Crippen molar-refractivity contribution < 1.29 is 9.84 Å². The maximum absolute atomic E-state index is 9.35. The molecule has 0 aliphatic rings. The molecule has 0 fully saturated rings. The number of aromatic nitrogens is 1. The van der Waals surface area contributed by atoms with E-state index in [1.165, 1.54) is 13.3 Å². The van der Waals surface area contributed by atoms with Crippen LogP contribution < -0.4 is 10.5 Å². The van der Waals surface area contributed by atoms with Crippen LogP contribution in [0.1, 0.15) is 11.7 Å². The van der Waals surface area contributed by atoms with Gasteiger partial charge < -0.3 is 15.6 Å². The van der Waals surface area contributed by atoms with Gasteiger partial charge in [-0.1, -0.05) is 11.6 Å². The Labute approximate surface area is 81.3 Å². The van der Waals surface area contributed by atoms with Gasteiger partial charge in [0.2, 0.25) is 5.88 Å². The third-order valence-electron chi connectivity index (χ3n) is 1.63. The van der Waals surface area contributed by atoms with Gasteiger partial charge in [0, 0.05) is 18.3 Å². The van der Waals surface area contributed by atoms with E-state index in [0.29, 0.717) is 16.5 Å². The number of hydrogen-bond acceptors (Lipinski definition) is 4. The number of methoxy groups -OCH3 is 1. The van der Waals surface area contributed by atoms with Crippen LogP contribution in [0.2, 0.25) is 5.02 Å². The van der Waals surface area contributed by atoms with E-state index >= 15 is 0 Å². The minimum atomic E-state index is -0.726. The van der Waals surface area contributed by atoms with Crippen LogP contribution in [0.3, 0.4) is 0 Å². The number of halogens is 1. The fraction of sp³-hybridized carbons (Fsp3) is 0.375. The lowest BCUT2D eigenvalue weighted by Gasteiger charge is -2.08. The van der Waals surface area contributed by atoms with Gasteiger partial charge in [0.15, 0.2) is 0 Å². The second kappa shape index (κ2) is 4.41. The summed E-state index contributed by atoms with van der Waals surface area (Å²) in [6.07, 6.45) is 0.762. The molecule has 0 radical (unpaired) electrons. The van der Waals surface area contributed by atoms with Gasteiger partial charge in [-0.3, -0.25) is 0 Å². The van der Waals surface area contributed by atoms with Crippen LogP contribution >= 0.6 is 11.6 Å². The smallest absolute Gasteiger partial charge is 0.232 e. The van der Waals surface area contributed by atoms with E-state index in [2.05, 4.69) is 4.98 Å². The molecule has 0 saturated carbocycles. The molecule has 3 N–H and O–H groups in total. The summed E-state index contributed by atoms with van der Waals surface area (Å²) in [6.45, 7) is 0.143. The summed E-state index contributed by atoms with van der Waals surface area (Å²) >= 11 is 5.79. The van der Waals surface area contributed by atoms with E-state index in [0.717, 1.165) is 0 Å². The fourth-order valence-electron chi connectivity index (χ4n) is 0.909. The number of aliphatic hydroxyl groups is 1. The summed E-state index contributed by atoms with van der Waals surface area (Å²) < 4.78 is 4.86. The second-order valence-electron chi connectivity index (χ2n) is 2.51. The highest BCUT2D eigenvalue weighted by Crippen LogP contribution is 2.24. The van der Waals surface area contributed by atoms with Crippen molar-refractivity contribution in [2.45, 2.75) is 6.10 Å². The zero-order valence-electron chi connectivity index (χ0n) is 7.20. The molecular formula is C8H11ClN2O2. The van der Waals surface area contributed by atoms with Crippen molar-refractivity contribution in [2.24, 2.45) is 5.73 Å². The monoisotopic (exact) mass is 202 g/mol. The summed E-state index contributed by atoms with van der Waals surface area (Å²) in [5.74, 6) is 0.342. The molecule has 0 aliphatic heterocycles. The van der Waals surface area contributed by atoms with Gasteiger partial charge in [0.05, 0.1) is 13.2 Å². The van der Waals surface area contributed by atoms with Gasteiger partial charge in [-0.05, 0) is 6.07 Å². The van der Waals surface area contributed by atoms with E-state index in [-0.39, 0.29) is 6.54 Å². The molecule has 1 unspecified atom stereocenters. The molecule has 13 heavy (non-hydrogen) atoms. The van der Waals surface area contributed by atoms with E-state index in [9.17, 15) is 5.11 Å². The maximum atomic E-state index is 9.35. The van der Waals surface area contributed by atoms with Crippen LogP contribution in [0, 0.1) is 0 Å². The lowest BCUT2D eigenvalue weighted by atomic mass is 10.2. The quantitative estimate of drug-likeness (QED) is 0.759. The van der Waals surface area contributed by atoms with Crippen LogP contribution in [-0.2, 0) is 0 Å². The van der Waals surface area contributed by atoms with Crippen molar-refractivity contribution in [1.29, 1.82) is 0 Å². The topological polar surface area (TPSA) is 68.4 Å². The Morgan fingerprint density at radius 3 is 2.92 bits per heavy atom. The molecule has 5 heteroatoms. The van der Waals surface area contributed by atoms with Crippen LogP contribution in [0.25, 0.3) is 0 Å². The molecule has 0 aliphatic carbocycles. The van der Waals surface area contributed by atoms with E-state index in [4.69, 9.17) is 22.1 Å². The molecule has 0 aromatic carbocycles. The Balaban J connectivity index is 2.95. The summed E-state index contributed by atoms with van der Waals surface area (Å²) in [7, 11) is 1.48. The molecule has 0 bridgehead atoms. The number of pyridine rings is 1. The van der Waals surface area contributed by atoms with Crippen LogP contribution in [0.15, 0.2) is 12.3 Å². The Hall–Kier alpha value is -0.840. The average molecular weight is 203 g/mol. The maximum Gasteiger partial charge on any atom is 0.232 e. The minimum Gasteiger partial charge on any atom is -0.480 e. The molecule has 4 nitrogen and oxygen atoms in total. The van der Waals surface area contributed by atoms with Crippen molar-refractivity contribution in [3.63, 3.8) is 0 Å². The normalized spacial score (nSPS) is 12.6. The van der Waals surface area contributed by atoms with Crippen LogP contribution in [0.4, 0.5) is 0 Å². The molecule has 1 atom stereocenters. The Bertz CT molecular complexity index is 293. The summed E-state index contributed by atoms with van der Waals surface area (Å²) in [5.41, 5.74) is 5.86. The fourth-order valence-corrected chi connectivity index (χ4v) is 1.16. The van der Waals surface area contributed by atoms with Gasteiger partial charge in [-0.15, -0.1) is 0 Å². The predicted octanol–water partition coefficient (Wildman–Crippen LogP) is 0.736. The van der Waals surface area contributed by atoms with E-state index in [1.54, 1.807) is 6.07 Å². The standard InChI is InChI=1S/C8H11ClN2O2/c1-13-8-6(9)2-5(4-11-8)7(12)3-10/h2,4,7,12H,3,10H2,1H3. The molecule has 1 heterocycles. The van der Waals surface area contributed by atoms with Crippen molar-refractivity contribution in [3.8, 4) is 5.88 Å². The largest absolute Gasteiger partial charge is 0.480 e. The SMILES string of the molecule is COc1ncc(C(O)CN)cc1Cl.